The lowest BCUT2D eigenvalue weighted by atomic mass is 10.1. The molecular formula is C15H22NO6P. The molecule has 0 saturated carbocycles. The molecule has 1 fully saturated rings. The number of aliphatic hydroxyl groups excluding tert-OH is 1. The van der Waals surface area contributed by atoms with Crippen molar-refractivity contribution in [3.05, 3.63) is 35.9 Å². The van der Waals surface area contributed by atoms with Gasteiger partial charge in [0.05, 0.1) is 25.9 Å². The van der Waals surface area contributed by atoms with Gasteiger partial charge in [-0.1, -0.05) is 30.3 Å². The molecule has 1 amide bonds. The summed E-state index contributed by atoms with van der Waals surface area (Å²) in [6, 6.07) is 8.80. The van der Waals surface area contributed by atoms with E-state index in [2.05, 4.69) is 0 Å². The van der Waals surface area contributed by atoms with Crippen LogP contribution in [0.5, 0.6) is 0 Å². The predicted molar refractivity (Wildman–Crippen MR) is 83.7 cm³/mol. The molecule has 1 unspecified atom stereocenters. The number of ether oxygens (including phenoxy) is 1. The molecule has 7 nitrogen and oxygen atoms in total. The summed E-state index contributed by atoms with van der Waals surface area (Å²) >= 11 is 0. The normalized spacial score (nSPS) is 21.6. The molecule has 1 heterocycles. The highest BCUT2D eigenvalue weighted by molar-refractivity contribution is 7.54. The van der Waals surface area contributed by atoms with Gasteiger partial charge >= 0.3 is 7.60 Å². The number of aliphatic hydroxyl groups is 1. The van der Waals surface area contributed by atoms with E-state index in [1.165, 1.54) is 4.90 Å². The van der Waals surface area contributed by atoms with Crippen LogP contribution in [0.4, 0.5) is 0 Å². The van der Waals surface area contributed by atoms with E-state index in [-0.39, 0.29) is 19.8 Å². The van der Waals surface area contributed by atoms with E-state index < -0.39 is 32.1 Å². The molecular weight excluding hydrogens is 321 g/mol. The highest BCUT2D eigenvalue weighted by Crippen LogP contribution is 2.48. The largest absolute Gasteiger partial charge is 0.351 e. The first-order valence-corrected chi connectivity index (χ1v) is 9.27. The average molecular weight is 343 g/mol. The lowest BCUT2D eigenvalue weighted by Gasteiger charge is -2.27. The highest BCUT2D eigenvalue weighted by Gasteiger charge is 2.41. The van der Waals surface area contributed by atoms with Crippen LogP contribution in [0.2, 0.25) is 0 Å². The average Bonchev–Trinajstić information content (AvgIpc) is 2.90. The lowest BCUT2D eigenvalue weighted by Crippen LogP contribution is -2.39. The molecule has 0 aromatic heterocycles. The number of carbonyl (C=O) groups excluding carboxylic acids is 1. The third-order valence-corrected chi connectivity index (χ3v) is 5.39. The van der Waals surface area contributed by atoms with Gasteiger partial charge in [-0.25, -0.2) is 0 Å². The summed E-state index contributed by atoms with van der Waals surface area (Å²) in [5, 5.41) is 9.96. The van der Waals surface area contributed by atoms with Gasteiger partial charge in [0.15, 0.2) is 0 Å². The molecule has 8 heteroatoms. The number of nitrogens with zero attached hydrogens (tertiary/aromatic N) is 1. The molecule has 1 N–H and O–H groups in total. The van der Waals surface area contributed by atoms with Crippen LogP contribution >= 0.6 is 7.60 Å². The van der Waals surface area contributed by atoms with Crippen LogP contribution < -0.4 is 0 Å². The van der Waals surface area contributed by atoms with Crippen LogP contribution in [-0.2, 0) is 23.1 Å². The Hall–Kier alpha value is -1.24. The zero-order chi connectivity index (χ0) is 16.9. The van der Waals surface area contributed by atoms with Crippen molar-refractivity contribution in [3.8, 4) is 0 Å². The quantitative estimate of drug-likeness (QED) is 0.764. The van der Waals surface area contributed by atoms with Gasteiger partial charge in [0.25, 0.3) is 0 Å². The Bertz CT molecular complexity index is 556. The molecule has 2 rings (SSSR count). The second kappa shape index (κ2) is 8.04. The Kier molecular flexibility index (Phi) is 6.33. The van der Waals surface area contributed by atoms with Crippen molar-refractivity contribution in [2.45, 2.75) is 26.3 Å². The van der Waals surface area contributed by atoms with Gasteiger partial charge in [-0.05, 0) is 19.4 Å². The first-order valence-electron chi connectivity index (χ1n) is 7.54. The summed E-state index contributed by atoms with van der Waals surface area (Å²) in [5.74, 6) is -0.533. The number of rotatable bonds is 7. The van der Waals surface area contributed by atoms with Crippen molar-refractivity contribution in [1.29, 1.82) is 0 Å². The van der Waals surface area contributed by atoms with Crippen LogP contribution in [0.3, 0.4) is 0 Å². The maximum Gasteiger partial charge on any atom is 0.340 e. The van der Waals surface area contributed by atoms with Gasteiger partial charge in [0.1, 0.15) is 6.16 Å². The molecule has 0 bridgehead atoms. The summed E-state index contributed by atoms with van der Waals surface area (Å²) in [7, 11) is -3.53. The van der Waals surface area contributed by atoms with E-state index in [1.54, 1.807) is 13.8 Å². The van der Waals surface area contributed by atoms with Crippen LogP contribution in [0.15, 0.2) is 30.3 Å². The topological polar surface area (TPSA) is 85.3 Å². The number of hydrogen-bond donors (Lipinski definition) is 1. The summed E-state index contributed by atoms with van der Waals surface area (Å²) in [6.45, 7) is 3.87. The van der Waals surface area contributed by atoms with E-state index in [0.717, 1.165) is 5.56 Å². The molecule has 1 aliphatic heterocycles. The smallest absolute Gasteiger partial charge is 0.340 e. The lowest BCUT2D eigenvalue weighted by molar-refractivity contribution is -0.163. The van der Waals surface area contributed by atoms with Crippen LogP contribution in [0, 0.1) is 0 Å². The Morgan fingerprint density at radius 2 is 1.91 bits per heavy atom. The summed E-state index contributed by atoms with van der Waals surface area (Å²) in [4.78, 5) is 13.7. The van der Waals surface area contributed by atoms with Gasteiger partial charge in [0.2, 0.25) is 12.3 Å². The van der Waals surface area contributed by atoms with Crippen molar-refractivity contribution in [1.82, 2.24) is 4.90 Å². The van der Waals surface area contributed by atoms with E-state index in [9.17, 15) is 14.5 Å². The summed E-state index contributed by atoms with van der Waals surface area (Å²) < 4.78 is 28.0. The Labute approximate surface area is 135 Å². The SMILES string of the molecule is CCOP(=O)(CC(=O)N1C(O)OC[C@H]1c1ccccc1)OCC. The second-order valence-corrected chi connectivity index (χ2v) is 7.05. The van der Waals surface area contributed by atoms with Gasteiger partial charge < -0.3 is 18.9 Å². The van der Waals surface area contributed by atoms with Gasteiger partial charge in [0, 0.05) is 0 Å². The molecule has 128 valence electrons. The van der Waals surface area contributed by atoms with Crippen molar-refractivity contribution < 1.29 is 28.3 Å². The molecule has 1 aromatic rings. The van der Waals surface area contributed by atoms with Crippen molar-refractivity contribution in [2.24, 2.45) is 0 Å². The monoisotopic (exact) mass is 343 g/mol. The molecule has 0 spiro atoms. The molecule has 1 aliphatic rings. The molecule has 23 heavy (non-hydrogen) atoms. The Balaban J connectivity index is 2.16. The van der Waals surface area contributed by atoms with Gasteiger partial charge in [-0.3, -0.25) is 14.3 Å². The Morgan fingerprint density at radius 1 is 1.30 bits per heavy atom. The third kappa shape index (κ3) is 4.40. The predicted octanol–water partition coefficient (Wildman–Crippen LogP) is 2.13. The van der Waals surface area contributed by atoms with E-state index in [1.807, 2.05) is 30.3 Å². The van der Waals surface area contributed by atoms with Crippen LogP contribution in [-0.4, -0.2) is 48.3 Å². The minimum absolute atomic E-state index is 0.171. The summed E-state index contributed by atoms with van der Waals surface area (Å²) in [5.41, 5.74) is 0.833. The number of hydrogen-bond acceptors (Lipinski definition) is 6. The second-order valence-electron chi connectivity index (χ2n) is 4.99. The van der Waals surface area contributed by atoms with Crippen molar-refractivity contribution in [3.63, 3.8) is 0 Å². The fraction of sp³-hybridized carbons (Fsp3) is 0.533. The number of carbonyl (C=O) groups is 1. The molecule has 2 atom stereocenters. The maximum absolute atomic E-state index is 12.6. The van der Waals surface area contributed by atoms with E-state index >= 15 is 0 Å². The molecule has 0 radical (unpaired) electrons. The zero-order valence-electron chi connectivity index (χ0n) is 13.3. The summed E-state index contributed by atoms with van der Waals surface area (Å²) in [6.07, 6.45) is -1.80. The first-order chi connectivity index (χ1) is 11.0. The van der Waals surface area contributed by atoms with Crippen molar-refractivity contribution in [2.75, 3.05) is 26.0 Å². The van der Waals surface area contributed by atoms with Crippen LogP contribution in [0.25, 0.3) is 0 Å². The molecule has 0 aliphatic carbocycles. The fourth-order valence-corrected chi connectivity index (χ4v) is 4.03. The molecule has 1 saturated heterocycles. The highest BCUT2D eigenvalue weighted by atomic mass is 31.2. The molecule has 1 aromatic carbocycles. The van der Waals surface area contributed by atoms with E-state index in [4.69, 9.17) is 13.8 Å². The maximum atomic E-state index is 12.6. The van der Waals surface area contributed by atoms with Crippen LogP contribution in [0.1, 0.15) is 25.5 Å². The van der Waals surface area contributed by atoms with E-state index in [0.29, 0.717) is 0 Å². The van der Waals surface area contributed by atoms with Gasteiger partial charge in [-0.15, -0.1) is 0 Å². The zero-order valence-corrected chi connectivity index (χ0v) is 14.1. The number of amides is 1. The fourth-order valence-electron chi connectivity index (χ4n) is 2.49. The first kappa shape index (κ1) is 18.1. The number of benzene rings is 1. The standard InChI is InChI=1S/C15H22NO6P/c1-3-21-23(19,22-4-2)11-14(17)16-13(10-20-15(16)18)12-8-6-5-7-9-12/h5-9,13,15,18H,3-4,10-11H2,1-2H3/t13-,15?/m0/s1. The Morgan fingerprint density at radius 3 is 2.48 bits per heavy atom. The third-order valence-electron chi connectivity index (χ3n) is 3.43. The van der Waals surface area contributed by atoms with Crippen molar-refractivity contribution >= 4 is 13.5 Å². The minimum Gasteiger partial charge on any atom is -0.351 e. The minimum atomic E-state index is -3.53. The van der Waals surface area contributed by atoms with Gasteiger partial charge in [-0.2, -0.15) is 0 Å².